The Bertz CT molecular complexity index is 1590. The summed E-state index contributed by atoms with van der Waals surface area (Å²) in [5.41, 5.74) is 5.47. The summed E-state index contributed by atoms with van der Waals surface area (Å²) in [6, 6.07) is 11.4. The van der Waals surface area contributed by atoms with E-state index in [1.807, 2.05) is 55.5 Å². The molecule has 0 spiro atoms. The molecule has 202 valence electrons. The molecule has 0 aliphatic carbocycles. The number of aryl methyl sites for hydroxylation is 2. The van der Waals surface area contributed by atoms with Gasteiger partial charge in [0.1, 0.15) is 0 Å². The fourth-order valence-electron chi connectivity index (χ4n) is 4.95. The average Bonchev–Trinajstić information content (AvgIpc) is 3.37. The summed E-state index contributed by atoms with van der Waals surface area (Å²) in [5, 5.41) is 17.9. The summed E-state index contributed by atoms with van der Waals surface area (Å²) in [7, 11) is 5.62. The number of aliphatic hydroxyl groups excluding tert-OH is 1. The number of nitrogens with zero attached hydrogens (tertiary/aromatic N) is 6. The zero-order chi connectivity index (χ0) is 27.7. The molecule has 2 N–H and O–H groups in total. The van der Waals surface area contributed by atoms with Gasteiger partial charge < -0.3 is 24.8 Å². The van der Waals surface area contributed by atoms with Crippen LogP contribution in [0.1, 0.15) is 34.8 Å². The number of hydrogen-bond donors (Lipinski definition) is 2. The molecule has 1 aliphatic rings. The lowest BCUT2D eigenvalue weighted by Gasteiger charge is -2.31. The predicted molar refractivity (Wildman–Crippen MR) is 153 cm³/mol. The molecule has 10 nitrogen and oxygen atoms in total. The number of aromatic nitrogens is 4. The SMILES string of the molecule is CCCn1cc(Nc2nc(-c3cccc(N4CCc5cc(N(C)C)ccc5C4=O)c3CO)cn(C)c2=O)cn1. The number of fused-ring (bicyclic) bond motifs is 1. The van der Waals surface area contributed by atoms with E-state index in [0.717, 1.165) is 24.2 Å². The topological polar surface area (TPSA) is 109 Å². The van der Waals surface area contributed by atoms with E-state index < -0.39 is 0 Å². The number of hydrogen-bond acceptors (Lipinski definition) is 7. The van der Waals surface area contributed by atoms with E-state index in [0.29, 0.717) is 46.7 Å². The minimum atomic E-state index is -0.293. The van der Waals surface area contributed by atoms with Gasteiger partial charge in [0.05, 0.1) is 29.9 Å². The Kier molecular flexibility index (Phi) is 7.21. The van der Waals surface area contributed by atoms with Crippen LogP contribution in [0.3, 0.4) is 0 Å². The molecule has 5 rings (SSSR count). The third-order valence-electron chi connectivity index (χ3n) is 6.98. The van der Waals surface area contributed by atoms with Crippen molar-refractivity contribution in [2.24, 2.45) is 7.05 Å². The molecule has 0 radical (unpaired) electrons. The van der Waals surface area contributed by atoms with Gasteiger partial charge in [-0.25, -0.2) is 4.98 Å². The van der Waals surface area contributed by atoms with Crippen molar-refractivity contribution >= 4 is 28.8 Å². The number of carbonyl (C=O) groups is 1. The maximum atomic E-state index is 13.6. The molecular formula is C29H33N7O3. The smallest absolute Gasteiger partial charge is 0.293 e. The maximum Gasteiger partial charge on any atom is 0.293 e. The van der Waals surface area contributed by atoms with E-state index in [9.17, 15) is 14.7 Å². The zero-order valence-electron chi connectivity index (χ0n) is 22.7. The number of aliphatic hydroxyl groups is 1. The van der Waals surface area contributed by atoms with Crippen LogP contribution < -0.4 is 20.7 Å². The molecule has 39 heavy (non-hydrogen) atoms. The molecule has 0 atom stereocenters. The van der Waals surface area contributed by atoms with Gasteiger partial charge in [-0.3, -0.25) is 14.3 Å². The molecule has 4 aromatic rings. The number of nitrogens with one attached hydrogen (secondary N) is 1. The first-order chi connectivity index (χ1) is 18.8. The number of carbonyl (C=O) groups excluding carboxylic acids is 1. The van der Waals surface area contributed by atoms with Crippen LogP contribution >= 0.6 is 0 Å². The third-order valence-corrected chi connectivity index (χ3v) is 6.98. The highest BCUT2D eigenvalue weighted by Crippen LogP contribution is 2.34. The molecule has 0 saturated heterocycles. The molecule has 10 heteroatoms. The predicted octanol–water partition coefficient (Wildman–Crippen LogP) is 3.56. The quantitative estimate of drug-likeness (QED) is 0.361. The highest BCUT2D eigenvalue weighted by atomic mass is 16.3. The van der Waals surface area contributed by atoms with Crippen LogP contribution in [0.15, 0.2) is 59.8 Å². The van der Waals surface area contributed by atoms with Gasteiger partial charge in [0.25, 0.3) is 11.5 Å². The van der Waals surface area contributed by atoms with Crippen molar-refractivity contribution in [3.8, 4) is 11.3 Å². The van der Waals surface area contributed by atoms with Crippen LogP contribution in [-0.4, -0.2) is 51.0 Å². The first-order valence-corrected chi connectivity index (χ1v) is 13.0. The second-order valence-corrected chi connectivity index (χ2v) is 9.91. The van der Waals surface area contributed by atoms with Crippen molar-refractivity contribution in [1.29, 1.82) is 0 Å². The van der Waals surface area contributed by atoms with Gasteiger partial charge in [-0.15, -0.1) is 0 Å². The minimum Gasteiger partial charge on any atom is -0.392 e. The lowest BCUT2D eigenvalue weighted by Crippen LogP contribution is -2.38. The number of anilines is 4. The fourth-order valence-corrected chi connectivity index (χ4v) is 4.95. The Morgan fingerprint density at radius 2 is 1.92 bits per heavy atom. The van der Waals surface area contributed by atoms with Crippen LogP contribution in [0.4, 0.5) is 22.9 Å². The van der Waals surface area contributed by atoms with Crippen molar-refractivity contribution in [2.75, 3.05) is 35.8 Å². The van der Waals surface area contributed by atoms with Gasteiger partial charge in [-0.2, -0.15) is 5.10 Å². The van der Waals surface area contributed by atoms with Crippen molar-refractivity contribution in [3.05, 3.63) is 82.0 Å². The molecule has 1 amide bonds. The molecule has 3 heterocycles. The third kappa shape index (κ3) is 5.03. The zero-order valence-corrected chi connectivity index (χ0v) is 22.7. The Hall–Kier alpha value is -4.44. The number of rotatable bonds is 8. The van der Waals surface area contributed by atoms with Crippen molar-refractivity contribution < 1.29 is 9.90 Å². The summed E-state index contributed by atoms with van der Waals surface area (Å²) in [6.45, 7) is 3.04. The highest BCUT2D eigenvalue weighted by Gasteiger charge is 2.28. The molecule has 2 aromatic carbocycles. The van der Waals surface area contributed by atoms with E-state index in [2.05, 4.69) is 28.4 Å². The molecule has 2 aromatic heterocycles. The first-order valence-electron chi connectivity index (χ1n) is 13.0. The second-order valence-electron chi connectivity index (χ2n) is 9.91. The summed E-state index contributed by atoms with van der Waals surface area (Å²) in [4.78, 5) is 34.8. The van der Waals surface area contributed by atoms with Crippen LogP contribution in [0, 0.1) is 0 Å². The van der Waals surface area contributed by atoms with Gasteiger partial charge in [-0.05, 0) is 42.7 Å². The maximum absolute atomic E-state index is 13.6. The lowest BCUT2D eigenvalue weighted by atomic mass is 9.95. The van der Waals surface area contributed by atoms with Gasteiger partial charge in [0.15, 0.2) is 5.82 Å². The van der Waals surface area contributed by atoms with Crippen molar-refractivity contribution in [1.82, 2.24) is 19.3 Å². The summed E-state index contributed by atoms with van der Waals surface area (Å²) >= 11 is 0. The van der Waals surface area contributed by atoms with Gasteiger partial charge >= 0.3 is 0 Å². The van der Waals surface area contributed by atoms with Gasteiger partial charge in [0.2, 0.25) is 0 Å². The van der Waals surface area contributed by atoms with Crippen LogP contribution in [-0.2, 0) is 26.6 Å². The molecule has 0 unspecified atom stereocenters. The lowest BCUT2D eigenvalue weighted by molar-refractivity contribution is 0.0980. The summed E-state index contributed by atoms with van der Waals surface area (Å²) in [6.07, 6.45) is 6.78. The van der Waals surface area contributed by atoms with Gasteiger partial charge in [0, 0.05) is 69.0 Å². The summed E-state index contributed by atoms with van der Waals surface area (Å²) in [5.74, 6) is 0.0493. The molecule has 0 bridgehead atoms. The Morgan fingerprint density at radius 3 is 2.67 bits per heavy atom. The monoisotopic (exact) mass is 527 g/mol. The highest BCUT2D eigenvalue weighted by molar-refractivity contribution is 6.09. The first kappa shape index (κ1) is 26.2. The molecule has 0 fully saturated rings. The van der Waals surface area contributed by atoms with Crippen molar-refractivity contribution in [2.45, 2.75) is 32.9 Å². The molecule has 1 aliphatic heterocycles. The Labute approximate surface area is 227 Å². The van der Waals surface area contributed by atoms with Crippen molar-refractivity contribution in [3.63, 3.8) is 0 Å². The van der Waals surface area contributed by atoms with Crippen LogP contribution in [0.25, 0.3) is 11.3 Å². The Morgan fingerprint density at radius 1 is 1.10 bits per heavy atom. The second kappa shape index (κ2) is 10.7. The largest absolute Gasteiger partial charge is 0.392 e. The van der Waals surface area contributed by atoms with Crippen LogP contribution in [0.2, 0.25) is 0 Å². The minimum absolute atomic E-state index is 0.103. The van der Waals surface area contributed by atoms with E-state index in [1.54, 1.807) is 29.0 Å². The fraction of sp³-hybridized carbons (Fsp3) is 0.310. The Balaban J connectivity index is 1.51. The van der Waals surface area contributed by atoms with E-state index in [4.69, 9.17) is 0 Å². The average molecular weight is 528 g/mol. The number of amides is 1. The van der Waals surface area contributed by atoms with Gasteiger partial charge in [-0.1, -0.05) is 19.1 Å². The molecule has 0 saturated carbocycles. The standard InChI is InChI=1S/C29H33N7O3/c1-5-12-35-16-20(15-30-35)31-27-29(39)34(4)17-25(32-27)23-7-6-8-26(24(23)18-37)36-13-11-19-14-21(33(2)3)9-10-22(19)28(36)38/h6-10,14-17,37H,5,11-13,18H2,1-4H3,(H,31,32). The summed E-state index contributed by atoms with van der Waals surface area (Å²) < 4.78 is 3.26. The molecular weight excluding hydrogens is 494 g/mol. The normalized spacial score (nSPS) is 12.9. The van der Waals surface area contributed by atoms with E-state index >= 15 is 0 Å². The number of benzene rings is 2. The van der Waals surface area contributed by atoms with E-state index in [1.165, 1.54) is 4.57 Å². The van der Waals surface area contributed by atoms with Crippen LogP contribution in [0.5, 0.6) is 0 Å². The van der Waals surface area contributed by atoms with E-state index in [-0.39, 0.29) is 23.9 Å².